The van der Waals surface area contributed by atoms with Crippen molar-refractivity contribution in [2.24, 2.45) is 0 Å². The molecule has 0 saturated carbocycles. The van der Waals surface area contributed by atoms with Crippen molar-refractivity contribution in [2.45, 2.75) is 32.4 Å². The van der Waals surface area contributed by atoms with Crippen LogP contribution in [0.5, 0.6) is 0 Å². The van der Waals surface area contributed by atoms with E-state index in [0.29, 0.717) is 0 Å². The second-order valence-corrected chi connectivity index (χ2v) is 5.04. The summed E-state index contributed by atoms with van der Waals surface area (Å²) in [6, 6.07) is -1.23. The van der Waals surface area contributed by atoms with Crippen molar-refractivity contribution < 1.29 is 24.2 Å². The average molecular weight is 325 g/mol. The number of carboxylic acid groups (broad SMARTS) is 1. The number of hydrogen-bond donors (Lipinski definition) is 3. The minimum absolute atomic E-state index is 0.0613. The van der Waals surface area contributed by atoms with Crippen LogP contribution in [0.15, 0.2) is 0 Å². The minimum atomic E-state index is -1.25. The number of aliphatic carboxylic acids is 1. The summed E-state index contributed by atoms with van der Waals surface area (Å²) in [5.74, 6) is -1.62. The van der Waals surface area contributed by atoms with E-state index in [1.54, 1.807) is 20.8 Å². The molecule has 0 heterocycles. The van der Waals surface area contributed by atoms with E-state index in [0.717, 1.165) is 0 Å². The average Bonchev–Trinajstić information content (AvgIpc) is 2.20. The van der Waals surface area contributed by atoms with Crippen LogP contribution < -0.4 is 10.6 Å². The zero-order chi connectivity index (χ0) is 14.3. The van der Waals surface area contributed by atoms with Gasteiger partial charge in [0.1, 0.15) is 11.6 Å². The lowest BCUT2D eigenvalue weighted by molar-refractivity contribution is -0.139. The smallest absolute Gasteiger partial charge is 0.408 e. The second kappa shape index (κ2) is 7.20. The number of ether oxygens (including phenoxy) is 1. The quantitative estimate of drug-likeness (QED) is 0.638. The summed E-state index contributed by atoms with van der Waals surface area (Å²) in [6.07, 6.45) is -0.844. The van der Waals surface area contributed by atoms with Gasteiger partial charge in [-0.25, -0.2) is 9.59 Å². The first-order valence-electron chi connectivity index (χ1n) is 5.20. The molecule has 0 aliphatic carbocycles. The highest BCUT2D eigenvalue weighted by molar-refractivity contribution is 9.09. The third-order valence-electron chi connectivity index (χ3n) is 1.61. The molecule has 0 aromatic heterocycles. The van der Waals surface area contributed by atoms with Crippen molar-refractivity contribution in [3.05, 3.63) is 0 Å². The largest absolute Gasteiger partial charge is 0.480 e. The van der Waals surface area contributed by atoms with Gasteiger partial charge in [-0.2, -0.15) is 0 Å². The Morgan fingerprint density at radius 1 is 1.33 bits per heavy atom. The maximum absolute atomic E-state index is 11.4. The van der Waals surface area contributed by atoms with E-state index >= 15 is 0 Å². The zero-order valence-corrected chi connectivity index (χ0v) is 12.0. The number of carboxylic acids is 1. The molecular weight excluding hydrogens is 308 g/mol. The number of rotatable bonds is 5. The van der Waals surface area contributed by atoms with E-state index in [4.69, 9.17) is 9.84 Å². The van der Waals surface area contributed by atoms with Gasteiger partial charge in [0.05, 0.1) is 5.33 Å². The van der Waals surface area contributed by atoms with E-state index in [-0.39, 0.29) is 17.8 Å². The molecule has 7 nitrogen and oxygen atoms in total. The van der Waals surface area contributed by atoms with Crippen LogP contribution in [0.3, 0.4) is 0 Å². The third kappa shape index (κ3) is 7.88. The Balaban J connectivity index is 4.32. The Kier molecular flexibility index (Phi) is 6.67. The standard InChI is InChI=1S/C10H17BrN2O5/c1-10(2,3)18-9(17)13-6(8(15)16)5-12-7(14)4-11/h6H,4-5H2,1-3H3,(H,12,14)(H,13,17)(H,15,16)/t6-/m0/s1. The van der Waals surface area contributed by atoms with Gasteiger partial charge in [0.2, 0.25) is 5.91 Å². The van der Waals surface area contributed by atoms with Crippen molar-refractivity contribution in [2.75, 3.05) is 11.9 Å². The molecule has 0 aliphatic heterocycles. The van der Waals surface area contributed by atoms with Crippen LogP contribution in [-0.4, -0.2) is 46.6 Å². The number of nitrogens with one attached hydrogen (secondary N) is 2. The van der Waals surface area contributed by atoms with Gasteiger partial charge < -0.3 is 20.5 Å². The summed E-state index contributed by atoms with van der Waals surface area (Å²) in [4.78, 5) is 33.2. The summed E-state index contributed by atoms with van der Waals surface area (Å²) in [5, 5.41) is 13.4. The first kappa shape index (κ1) is 16.7. The summed E-state index contributed by atoms with van der Waals surface area (Å²) in [5.41, 5.74) is -0.716. The van der Waals surface area contributed by atoms with Crippen molar-refractivity contribution in [1.82, 2.24) is 10.6 Å². The van der Waals surface area contributed by atoms with E-state index in [1.165, 1.54) is 0 Å². The molecule has 0 aromatic carbocycles. The molecule has 2 amide bonds. The Bertz CT molecular complexity index is 327. The maximum Gasteiger partial charge on any atom is 0.408 e. The fourth-order valence-corrected chi connectivity index (χ4v) is 1.11. The predicted octanol–water partition coefficient (Wildman–Crippen LogP) is 0.475. The van der Waals surface area contributed by atoms with Crippen LogP contribution in [0.2, 0.25) is 0 Å². The Hall–Kier alpha value is -1.31. The van der Waals surface area contributed by atoms with Gasteiger partial charge >= 0.3 is 12.1 Å². The molecule has 0 spiro atoms. The highest BCUT2D eigenvalue weighted by Gasteiger charge is 2.24. The van der Waals surface area contributed by atoms with Crippen LogP contribution in [0.25, 0.3) is 0 Å². The number of alkyl carbamates (subject to hydrolysis) is 1. The van der Waals surface area contributed by atoms with Crippen LogP contribution in [0.4, 0.5) is 4.79 Å². The lowest BCUT2D eigenvalue weighted by atomic mass is 10.2. The SMILES string of the molecule is CC(C)(C)OC(=O)N[C@@H](CNC(=O)CBr)C(=O)O. The summed E-state index contributed by atoms with van der Waals surface area (Å²) < 4.78 is 4.92. The van der Waals surface area contributed by atoms with Gasteiger partial charge in [0.25, 0.3) is 0 Å². The van der Waals surface area contributed by atoms with E-state index in [2.05, 4.69) is 26.6 Å². The number of carbonyl (C=O) groups is 3. The Morgan fingerprint density at radius 2 is 1.89 bits per heavy atom. The monoisotopic (exact) mass is 324 g/mol. The van der Waals surface area contributed by atoms with Gasteiger partial charge in [0.15, 0.2) is 0 Å². The van der Waals surface area contributed by atoms with E-state index in [1.807, 2.05) is 0 Å². The highest BCUT2D eigenvalue weighted by Crippen LogP contribution is 2.06. The van der Waals surface area contributed by atoms with E-state index < -0.39 is 23.7 Å². The van der Waals surface area contributed by atoms with Crippen LogP contribution in [-0.2, 0) is 14.3 Å². The number of alkyl halides is 1. The van der Waals surface area contributed by atoms with Gasteiger partial charge in [-0.3, -0.25) is 4.79 Å². The minimum Gasteiger partial charge on any atom is -0.480 e. The first-order valence-corrected chi connectivity index (χ1v) is 6.33. The molecule has 1 atom stereocenters. The van der Waals surface area contributed by atoms with Crippen molar-refractivity contribution >= 4 is 33.9 Å². The van der Waals surface area contributed by atoms with Gasteiger partial charge in [-0.05, 0) is 20.8 Å². The fourth-order valence-electron chi connectivity index (χ4n) is 0.913. The molecule has 0 bridgehead atoms. The summed E-state index contributed by atoms with van der Waals surface area (Å²) in [7, 11) is 0. The number of hydrogen-bond acceptors (Lipinski definition) is 4. The molecule has 0 rings (SSSR count). The molecule has 3 N–H and O–H groups in total. The van der Waals surface area contributed by atoms with Crippen molar-refractivity contribution in [3.8, 4) is 0 Å². The van der Waals surface area contributed by atoms with Gasteiger partial charge in [0, 0.05) is 6.54 Å². The van der Waals surface area contributed by atoms with Crippen molar-refractivity contribution in [1.29, 1.82) is 0 Å². The second-order valence-electron chi connectivity index (χ2n) is 4.47. The molecule has 0 radical (unpaired) electrons. The van der Waals surface area contributed by atoms with Crippen LogP contribution >= 0.6 is 15.9 Å². The first-order chi connectivity index (χ1) is 8.15. The molecule has 104 valence electrons. The fraction of sp³-hybridized carbons (Fsp3) is 0.700. The van der Waals surface area contributed by atoms with Crippen LogP contribution in [0.1, 0.15) is 20.8 Å². The molecule has 0 saturated heterocycles. The molecule has 18 heavy (non-hydrogen) atoms. The normalized spacial score (nSPS) is 12.4. The number of halogens is 1. The molecular formula is C10H17BrN2O5. The molecule has 0 aliphatic rings. The number of carbonyl (C=O) groups excluding carboxylic acids is 2. The Morgan fingerprint density at radius 3 is 2.28 bits per heavy atom. The Labute approximate surface area is 113 Å². The maximum atomic E-state index is 11.4. The van der Waals surface area contributed by atoms with E-state index in [9.17, 15) is 14.4 Å². The number of amides is 2. The van der Waals surface area contributed by atoms with Gasteiger partial charge in [-0.15, -0.1) is 0 Å². The highest BCUT2D eigenvalue weighted by atomic mass is 79.9. The van der Waals surface area contributed by atoms with Crippen molar-refractivity contribution in [3.63, 3.8) is 0 Å². The topological polar surface area (TPSA) is 105 Å². The third-order valence-corrected chi connectivity index (χ3v) is 2.12. The molecule has 8 heteroatoms. The summed E-state index contributed by atoms with van der Waals surface area (Å²) >= 11 is 2.92. The summed E-state index contributed by atoms with van der Waals surface area (Å²) in [6.45, 7) is 4.78. The molecule has 0 unspecified atom stereocenters. The lowest BCUT2D eigenvalue weighted by Crippen LogP contribution is -2.49. The van der Waals surface area contributed by atoms with Crippen LogP contribution in [0, 0.1) is 0 Å². The van der Waals surface area contributed by atoms with Gasteiger partial charge in [-0.1, -0.05) is 15.9 Å². The molecule has 0 aromatic rings. The molecule has 0 fully saturated rings. The zero-order valence-electron chi connectivity index (χ0n) is 10.4. The predicted molar refractivity (Wildman–Crippen MR) is 67.6 cm³/mol. The lowest BCUT2D eigenvalue weighted by Gasteiger charge is -2.22.